The average Bonchev–Trinajstić information content (AvgIpc) is 3.13. The van der Waals surface area contributed by atoms with Crippen LogP contribution < -0.4 is 10.1 Å². The van der Waals surface area contributed by atoms with Crippen molar-refractivity contribution in [2.24, 2.45) is 0 Å². The Hall–Kier alpha value is -3.64. The third-order valence-electron chi connectivity index (χ3n) is 3.72. The van der Waals surface area contributed by atoms with E-state index in [0.717, 1.165) is 30.3 Å². The van der Waals surface area contributed by atoms with Gasteiger partial charge >= 0.3 is 12.4 Å². The number of nitrogens with one attached hydrogen (secondary N) is 1. The maximum Gasteiger partial charge on any atom is 0.435 e. The third kappa shape index (κ3) is 5.49. The smallest absolute Gasteiger partial charge is 0.435 e. The summed E-state index contributed by atoms with van der Waals surface area (Å²) in [6, 6.07) is 8.49. The lowest BCUT2D eigenvalue weighted by Gasteiger charge is -2.12. The Bertz CT molecular complexity index is 1080. The fourth-order valence-corrected chi connectivity index (χ4v) is 2.47. The van der Waals surface area contributed by atoms with E-state index in [2.05, 4.69) is 20.4 Å². The highest BCUT2D eigenvalue weighted by Gasteiger charge is 2.42. The molecule has 31 heavy (non-hydrogen) atoms. The summed E-state index contributed by atoms with van der Waals surface area (Å²) in [4.78, 5) is 12.4. The summed E-state index contributed by atoms with van der Waals surface area (Å²) in [5.74, 6) is -2.27. The van der Waals surface area contributed by atoms with E-state index in [1.165, 1.54) is 18.2 Å². The van der Waals surface area contributed by atoms with Crippen LogP contribution in [0.3, 0.4) is 0 Å². The second-order valence-electron chi connectivity index (χ2n) is 6.06. The molecule has 3 rings (SSSR count). The summed E-state index contributed by atoms with van der Waals surface area (Å²) in [5.41, 5.74) is -2.92. The van der Waals surface area contributed by atoms with Crippen molar-refractivity contribution in [1.82, 2.24) is 15.0 Å². The van der Waals surface area contributed by atoms with Gasteiger partial charge in [0.25, 0.3) is 5.91 Å². The molecule has 1 heterocycles. The molecule has 0 bridgehead atoms. The summed E-state index contributed by atoms with van der Waals surface area (Å²) in [5, 5.41) is 8.71. The van der Waals surface area contributed by atoms with Crippen molar-refractivity contribution in [3.05, 3.63) is 65.7 Å². The Morgan fingerprint density at radius 2 is 1.71 bits per heavy atom. The van der Waals surface area contributed by atoms with E-state index < -0.39 is 42.1 Å². The molecule has 1 amide bonds. The Morgan fingerprint density at radius 3 is 2.32 bits per heavy atom. The molecule has 0 radical (unpaired) electrons. The minimum Gasteiger partial charge on any atom is -0.484 e. The van der Waals surface area contributed by atoms with Crippen molar-refractivity contribution in [3.8, 4) is 11.4 Å². The normalized spacial score (nSPS) is 12.0. The van der Waals surface area contributed by atoms with Crippen LogP contribution in [0.5, 0.6) is 5.75 Å². The van der Waals surface area contributed by atoms with Gasteiger partial charge in [-0.1, -0.05) is 11.3 Å². The number of alkyl halides is 6. The minimum atomic E-state index is -5.05. The van der Waals surface area contributed by atoms with Crippen molar-refractivity contribution in [2.75, 3.05) is 11.9 Å². The topological polar surface area (TPSA) is 69.0 Å². The Morgan fingerprint density at radius 1 is 1.03 bits per heavy atom. The van der Waals surface area contributed by atoms with Crippen LogP contribution in [0.25, 0.3) is 5.69 Å². The molecule has 0 spiro atoms. The fraction of sp³-hybridized carbons (Fsp3) is 0.167. The highest BCUT2D eigenvalue weighted by atomic mass is 19.4. The molecule has 1 N–H and O–H groups in total. The number of carbonyl (C=O) groups is 1. The lowest BCUT2D eigenvalue weighted by Crippen LogP contribution is -2.21. The molecule has 0 aliphatic rings. The molecule has 3 aromatic rings. The van der Waals surface area contributed by atoms with E-state index in [9.17, 15) is 35.5 Å². The van der Waals surface area contributed by atoms with E-state index in [4.69, 9.17) is 0 Å². The van der Waals surface area contributed by atoms with E-state index in [0.29, 0.717) is 4.68 Å². The number of aromatic nitrogens is 3. The number of halogens is 7. The van der Waals surface area contributed by atoms with Gasteiger partial charge in [-0.2, -0.15) is 26.3 Å². The largest absolute Gasteiger partial charge is 0.484 e. The SMILES string of the molecule is O=C(Nc1cccc(OCC(F)(F)F)c1)c1nnn(-c2ccc(F)cc2)c1C(F)(F)F. The van der Waals surface area contributed by atoms with Crippen LogP contribution in [0.4, 0.5) is 36.4 Å². The Labute approximate surface area is 169 Å². The van der Waals surface area contributed by atoms with Crippen LogP contribution >= 0.6 is 0 Å². The quantitative estimate of drug-likeness (QED) is 0.579. The summed E-state index contributed by atoms with van der Waals surface area (Å²) in [7, 11) is 0. The summed E-state index contributed by atoms with van der Waals surface area (Å²) < 4.78 is 95.5. The Kier molecular flexibility index (Phi) is 5.86. The second kappa shape index (κ2) is 8.24. The summed E-state index contributed by atoms with van der Waals surface area (Å²) in [6.07, 6.45) is -9.65. The average molecular weight is 448 g/mol. The first-order chi connectivity index (χ1) is 14.4. The lowest BCUT2D eigenvalue weighted by molar-refractivity contribution is -0.153. The van der Waals surface area contributed by atoms with Crippen LogP contribution in [0, 0.1) is 5.82 Å². The summed E-state index contributed by atoms with van der Waals surface area (Å²) >= 11 is 0. The predicted octanol–water partition coefficient (Wildman–Crippen LogP) is 4.62. The molecule has 0 aliphatic heterocycles. The summed E-state index contributed by atoms with van der Waals surface area (Å²) in [6.45, 7) is -1.59. The first kappa shape index (κ1) is 22.1. The number of nitrogens with zero attached hydrogens (tertiary/aromatic N) is 3. The van der Waals surface area contributed by atoms with Crippen LogP contribution in [0.15, 0.2) is 48.5 Å². The maximum absolute atomic E-state index is 13.6. The van der Waals surface area contributed by atoms with E-state index in [1.807, 2.05) is 0 Å². The minimum absolute atomic E-state index is 0.130. The standard InChI is InChI=1S/C18H11F7N4O2/c19-10-4-6-12(7-5-10)29-15(18(23,24)25)14(27-28-29)16(30)26-11-2-1-3-13(8-11)31-9-17(20,21)22/h1-8H,9H2,(H,26,30). The first-order valence-corrected chi connectivity index (χ1v) is 8.34. The second-order valence-corrected chi connectivity index (χ2v) is 6.06. The number of amides is 1. The zero-order chi connectivity index (χ0) is 22.8. The molecule has 1 aromatic heterocycles. The van der Waals surface area contributed by atoms with Gasteiger partial charge < -0.3 is 10.1 Å². The zero-order valence-electron chi connectivity index (χ0n) is 15.1. The van der Waals surface area contributed by atoms with Crippen LogP contribution in [-0.2, 0) is 6.18 Å². The van der Waals surface area contributed by atoms with Gasteiger partial charge in [0.15, 0.2) is 18.0 Å². The number of carbonyl (C=O) groups excluding carboxylic acids is 1. The van der Waals surface area contributed by atoms with Crippen molar-refractivity contribution in [1.29, 1.82) is 0 Å². The van der Waals surface area contributed by atoms with Gasteiger partial charge in [-0.05, 0) is 36.4 Å². The van der Waals surface area contributed by atoms with Crippen LogP contribution in [-0.4, -0.2) is 33.7 Å². The lowest BCUT2D eigenvalue weighted by atomic mass is 10.2. The zero-order valence-corrected chi connectivity index (χ0v) is 15.1. The van der Waals surface area contributed by atoms with Crippen LogP contribution in [0.1, 0.15) is 16.2 Å². The number of ether oxygens (including phenoxy) is 1. The van der Waals surface area contributed by atoms with E-state index in [-0.39, 0.29) is 17.1 Å². The van der Waals surface area contributed by atoms with Gasteiger partial charge in [-0.3, -0.25) is 4.79 Å². The van der Waals surface area contributed by atoms with Crippen LogP contribution in [0.2, 0.25) is 0 Å². The van der Waals surface area contributed by atoms with Crippen molar-refractivity contribution >= 4 is 11.6 Å². The van der Waals surface area contributed by atoms with Gasteiger partial charge in [0.2, 0.25) is 0 Å². The molecule has 0 aliphatic carbocycles. The molecule has 0 saturated carbocycles. The number of benzene rings is 2. The van der Waals surface area contributed by atoms with Gasteiger partial charge in [0.1, 0.15) is 11.6 Å². The van der Waals surface area contributed by atoms with E-state index >= 15 is 0 Å². The molecular formula is C18H11F7N4O2. The van der Waals surface area contributed by atoms with Gasteiger partial charge in [-0.25, -0.2) is 9.07 Å². The molecule has 0 fully saturated rings. The molecule has 2 aromatic carbocycles. The molecule has 0 atom stereocenters. The highest BCUT2D eigenvalue weighted by molar-refractivity contribution is 6.03. The maximum atomic E-state index is 13.6. The third-order valence-corrected chi connectivity index (χ3v) is 3.72. The molecule has 6 nitrogen and oxygen atoms in total. The Balaban J connectivity index is 1.88. The highest BCUT2D eigenvalue weighted by Crippen LogP contribution is 2.33. The number of hydrogen-bond acceptors (Lipinski definition) is 4. The van der Waals surface area contributed by atoms with E-state index in [1.54, 1.807) is 0 Å². The number of hydrogen-bond donors (Lipinski definition) is 1. The molecular weight excluding hydrogens is 437 g/mol. The predicted molar refractivity (Wildman–Crippen MR) is 92.3 cm³/mol. The number of rotatable bonds is 5. The van der Waals surface area contributed by atoms with Gasteiger partial charge in [-0.15, -0.1) is 5.10 Å². The monoisotopic (exact) mass is 448 g/mol. The molecule has 164 valence electrons. The van der Waals surface area contributed by atoms with Crippen molar-refractivity contribution in [2.45, 2.75) is 12.4 Å². The van der Waals surface area contributed by atoms with Crippen molar-refractivity contribution < 1.29 is 40.3 Å². The molecule has 0 saturated heterocycles. The first-order valence-electron chi connectivity index (χ1n) is 8.34. The van der Waals surface area contributed by atoms with Gasteiger partial charge in [0.05, 0.1) is 5.69 Å². The molecule has 13 heteroatoms. The molecule has 0 unspecified atom stereocenters. The van der Waals surface area contributed by atoms with Gasteiger partial charge in [0, 0.05) is 11.8 Å². The fourth-order valence-electron chi connectivity index (χ4n) is 2.47. The number of anilines is 1. The van der Waals surface area contributed by atoms with Crippen molar-refractivity contribution in [3.63, 3.8) is 0 Å².